The second kappa shape index (κ2) is 12.4. The minimum Gasteiger partial charge on any atom is -0.504 e. The summed E-state index contributed by atoms with van der Waals surface area (Å²) in [6.45, 7) is -1.14. The van der Waals surface area contributed by atoms with Crippen molar-refractivity contribution in [3.63, 3.8) is 0 Å². The highest BCUT2D eigenvalue weighted by Gasteiger charge is 2.47. The molecule has 2 aliphatic rings. The maximum Gasteiger partial charge on any atom is 0.187 e. The Bertz CT molecular complexity index is 834. The van der Waals surface area contributed by atoms with Crippen molar-refractivity contribution in [3.8, 4) is 11.5 Å². The lowest BCUT2D eigenvalue weighted by Gasteiger charge is -2.42. The molecule has 0 bridgehead atoms. The zero-order chi connectivity index (χ0) is 25.7. The summed E-state index contributed by atoms with van der Waals surface area (Å²) in [6, 6.07) is 4.71. The summed E-state index contributed by atoms with van der Waals surface area (Å²) in [4.78, 5) is 0. The number of methoxy groups -OCH3 is 1. The van der Waals surface area contributed by atoms with Crippen LogP contribution in [0.4, 0.5) is 0 Å². The first-order chi connectivity index (χ1) is 16.7. The fraction of sp³-hybridized carbons (Fsp3) is 0.636. The van der Waals surface area contributed by atoms with Gasteiger partial charge in [-0.15, -0.1) is 0 Å². The predicted octanol–water partition coefficient (Wildman–Crippen LogP) is -2.95. The topological polar surface area (TPSA) is 208 Å². The average Bonchev–Trinajstić information content (AvgIpc) is 2.86. The van der Waals surface area contributed by atoms with Crippen LogP contribution >= 0.6 is 0 Å². The van der Waals surface area contributed by atoms with Gasteiger partial charge in [0.1, 0.15) is 48.8 Å². The van der Waals surface area contributed by atoms with E-state index in [1.54, 1.807) is 24.3 Å². The van der Waals surface area contributed by atoms with Crippen molar-refractivity contribution in [1.82, 2.24) is 0 Å². The monoisotopic (exact) mass is 504 g/mol. The summed E-state index contributed by atoms with van der Waals surface area (Å²) in [5.41, 5.74) is 0.703. The predicted molar refractivity (Wildman–Crippen MR) is 116 cm³/mol. The van der Waals surface area contributed by atoms with Gasteiger partial charge in [-0.2, -0.15) is 0 Å². The van der Waals surface area contributed by atoms with Crippen LogP contribution in [0.15, 0.2) is 24.3 Å². The van der Waals surface area contributed by atoms with Gasteiger partial charge in [0.15, 0.2) is 24.1 Å². The molecule has 2 aliphatic heterocycles. The number of aliphatic hydroxyl groups is 7. The molecule has 2 saturated heterocycles. The number of benzene rings is 1. The van der Waals surface area contributed by atoms with Gasteiger partial charge in [-0.1, -0.05) is 18.2 Å². The van der Waals surface area contributed by atoms with Gasteiger partial charge in [0.2, 0.25) is 0 Å². The number of ether oxygens (including phenoxy) is 5. The van der Waals surface area contributed by atoms with Crippen LogP contribution in [0.25, 0.3) is 6.08 Å². The lowest BCUT2D eigenvalue weighted by molar-refractivity contribution is -0.330. The van der Waals surface area contributed by atoms with Crippen LogP contribution in [0.2, 0.25) is 0 Å². The fourth-order valence-corrected chi connectivity index (χ4v) is 3.72. The van der Waals surface area contributed by atoms with Crippen LogP contribution in [0.1, 0.15) is 5.56 Å². The molecular formula is C22H32O13. The van der Waals surface area contributed by atoms with E-state index < -0.39 is 74.6 Å². The summed E-state index contributed by atoms with van der Waals surface area (Å²) in [5.74, 6) is 0.280. The van der Waals surface area contributed by atoms with Gasteiger partial charge in [0, 0.05) is 0 Å². The summed E-state index contributed by atoms with van der Waals surface area (Å²) < 4.78 is 26.6. The average molecular weight is 504 g/mol. The molecule has 35 heavy (non-hydrogen) atoms. The van der Waals surface area contributed by atoms with E-state index >= 15 is 0 Å². The Morgan fingerprint density at radius 1 is 0.829 bits per heavy atom. The SMILES string of the molecule is COc1cc(/C=C/CO[C@@H]2O[C@H](CO[C@@H]3O[C@H](CO)[C@@H](O)[C@H](O)[C@H]3O)[C@@H](O)[C@H](O)[C@H]2O)ccc1O. The Balaban J connectivity index is 1.56. The number of phenolic OH excluding ortho intramolecular Hbond substituents is 1. The number of rotatable bonds is 9. The molecular weight excluding hydrogens is 472 g/mol. The molecule has 1 aromatic rings. The van der Waals surface area contributed by atoms with E-state index in [4.69, 9.17) is 23.7 Å². The molecule has 198 valence electrons. The molecule has 0 amide bonds. The van der Waals surface area contributed by atoms with Crippen molar-refractivity contribution in [3.05, 3.63) is 29.8 Å². The molecule has 3 rings (SSSR count). The first-order valence-corrected chi connectivity index (χ1v) is 10.9. The molecule has 1 aromatic carbocycles. The van der Waals surface area contributed by atoms with Gasteiger partial charge < -0.3 is 64.5 Å². The molecule has 0 unspecified atom stereocenters. The maximum absolute atomic E-state index is 10.3. The largest absolute Gasteiger partial charge is 0.504 e. The third-order valence-corrected chi connectivity index (χ3v) is 5.81. The zero-order valence-corrected chi connectivity index (χ0v) is 18.9. The van der Waals surface area contributed by atoms with Gasteiger partial charge in [0.05, 0.1) is 26.9 Å². The van der Waals surface area contributed by atoms with Crippen LogP contribution in [-0.2, 0) is 18.9 Å². The Morgan fingerprint density at radius 2 is 1.43 bits per heavy atom. The van der Waals surface area contributed by atoms with Crippen LogP contribution < -0.4 is 4.74 Å². The smallest absolute Gasteiger partial charge is 0.187 e. The molecule has 0 saturated carbocycles. The number of hydrogen-bond acceptors (Lipinski definition) is 13. The maximum atomic E-state index is 10.3. The Hall–Kier alpha value is -1.88. The van der Waals surface area contributed by atoms with E-state index in [1.807, 2.05) is 0 Å². The van der Waals surface area contributed by atoms with E-state index in [1.165, 1.54) is 13.2 Å². The molecule has 0 aromatic heterocycles. The van der Waals surface area contributed by atoms with E-state index in [0.717, 1.165) is 0 Å². The minimum absolute atomic E-state index is 0.0100. The molecule has 8 N–H and O–H groups in total. The molecule has 10 atom stereocenters. The third-order valence-electron chi connectivity index (χ3n) is 5.81. The van der Waals surface area contributed by atoms with E-state index in [0.29, 0.717) is 11.3 Å². The minimum atomic E-state index is -1.65. The van der Waals surface area contributed by atoms with Crippen molar-refractivity contribution in [2.45, 2.75) is 61.4 Å². The number of aromatic hydroxyl groups is 1. The highest BCUT2D eigenvalue weighted by Crippen LogP contribution is 2.28. The number of hydrogen-bond donors (Lipinski definition) is 8. The molecule has 0 spiro atoms. The second-order valence-electron chi connectivity index (χ2n) is 8.21. The van der Waals surface area contributed by atoms with Gasteiger partial charge >= 0.3 is 0 Å². The van der Waals surface area contributed by atoms with Crippen molar-refractivity contribution >= 4 is 6.08 Å². The fourth-order valence-electron chi connectivity index (χ4n) is 3.72. The van der Waals surface area contributed by atoms with Gasteiger partial charge in [0.25, 0.3) is 0 Å². The van der Waals surface area contributed by atoms with Crippen molar-refractivity contribution in [2.75, 3.05) is 26.9 Å². The van der Waals surface area contributed by atoms with E-state index in [2.05, 4.69) is 0 Å². The quantitative estimate of drug-likeness (QED) is 0.169. The highest BCUT2D eigenvalue weighted by atomic mass is 16.7. The van der Waals surface area contributed by atoms with Crippen molar-refractivity contribution in [2.24, 2.45) is 0 Å². The van der Waals surface area contributed by atoms with Crippen LogP contribution in [0.3, 0.4) is 0 Å². The zero-order valence-electron chi connectivity index (χ0n) is 18.9. The van der Waals surface area contributed by atoms with Gasteiger partial charge in [-0.25, -0.2) is 0 Å². The van der Waals surface area contributed by atoms with Crippen LogP contribution in [0.5, 0.6) is 11.5 Å². The lowest BCUT2D eigenvalue weighted by atomic mass is 9.98. The summed E-state index contributed by atoms with van der Waals surface area (Å²) >= 11 is 0. The Morgan fingerprint density at radius 3 is 2.06 bits per heavy atom. The summed E-state index contributed by atoms with van der Waals surface area (Å²) in [5, 5.41) is 79.3. The molecule has 0 aliphatic carbocycles. The standard InChI is InChI=1S/C22H32O13/c1-31-12-7-10(4-5-11(12)24)3-2-6-32-21-19(29)18(28)16(26)14(35-21)9-33-22-20(30)17(27)15(25)13(8-23)34-22/h2-5,7,13-30H,6,8-9H2,1H3/b3-2+/t13-,14-,15-,16-,17+,18+,19-,20-,21-,22-/m1/s1. The molecule has 0 radical (unpaired) electrons. The third kappa shape index (κ3) is 6.47. The highest BCUT2D eigenvalue weighted by molar-refractivity contribution is 5.55. The Kier molecular flexibility index (Phi) is 9.80. The summed E-state index contributed by atoms with van der Waals surface area (Å²) in [7, 11) is 1.42. The Labute approximate surface area is 200 Å². The van der Waals surface area contributed by atoms with Crippen molar-refractivity contribution < 1.29 is 64.5 Å². The summed E-state index contributed by atoms with van der Waals surface area (Å²) in [6.07, 6.45) is -11.6. The molecule has 13 heteroatoms. The van der Waals surface area contributed by atoms with Crippen molar-refractivity contribution in [1.29, 1.82) is 0 Å². The second-order valence-corrected chi connectivity index (χ2v) is 8.21. The first-order valence-electron chi connectivity index (χ1n) is 10.9. The van der Waals surface area contributed by atoms with Gasteiger partial charge in [-0.05, 0) is 17.7 Å². The van der Waals surface area contributed by atoms with Gasteiger partial charge in [-0.3, -0.25) is 0 Å². The van der Waals surface area contributed by atoms with E-state index in [-0.39, 0.29) is 12.4 Å². The van der Waals surface area contributed by atoms with Crippen LogP contribution in [-0.4, -0.2) is 129 Å². The number of phenols is 1. The number of aliphatic hydroxyl groups excluding tert-OH is 7. The molecule has 2 heterocycles. The van der Waals surface area contributed by atoms with E-state index in [9.17, 15) is 40.9 Å². The first kappa shape index (κ1) is 27.7. The normalized spacial score (nSPS) is 38.1. The molecule has 2 fully saturated rings. The lowest BCUT2D eigenvalue weighted by Crippen LogP contribution is -2.61. The molecule has 13 nitrogen and oxygen atoms in total. The van der Waals surface area contributed by atoms with Crippen LogP contribution in [0, 0.1) is 0 Å².